The molecule has 1 aromatic rings. The number of nitrogens with one attached hydrogen (secondary N) is 2. The van der Waals surface area contributed by atoms with Gasteiger partial charge in [0.05, 0.1) is 10.6 Å². The van der Waals surface area contributed by atoms with Crippen molar-refractivity contribution in [1.29, 1.82) is 5.26 Å². The summed E-state index contributed by atoms with van der Waals surface area (Å²) in [5.41, 5.74) is 0.905. The fourth-order valence-corrected chi connectivity index (χ4v) is 1.76. The smallest absolute Gasteiger partial charge is 0.242 e. The first-order valence-corrected chi connectivity index (χ1v) is 6.95. The Bertz CT molecular complexity index is 534. The van der Waals surface area contributed by atoms with E-state index in [2.05, 4.69) is 10.6 Å². The van der Waals surface area contributed by atoms with Gasteiger partial charge in [-0.1, -0.05) is 18.5 Å². The van der Waals surface area contributed by atoms with Gasteiger partial charge in [-0.05, 0) is 45.4 Å². The van der Waals surface area contributed by atoms with Crippen LogP contribution in [0.2, 0.25) is 5.02 Å². The van der Waals surface area contributed by atoms with Crippen LogP contribution >= 0.6 is 11.6 Å². The largest absolute Gasteiger partial charge is 0.374 e. The van der Waals surface area contributed by atoms with E-state index >= 15 is 0 Å². The zero-order valence-electron chi connectivity index (χ0n) is 12.2. The summed E-state index contributed by atoms with van der Waals surface area (Å²) in [6.07, 6.45) is 0.855. The van der Waals surface area contributed by atoms with Crippen molar-refractivity contribution in [3.8, 4) is 6.07 Å². The van der Waals surface area contributed by atoms with Crippen molar-refractivity contribution in [2.24, 2.45) is 0 Å². The number of nitrogens with zero attached hydrogens (tertiary/aromatic N) is 1. The number of anilines is 1. The number of benzene rings is 1. The molecule has 0 saturated carbocycles. The fourth-order valence-electron chi connectivity index (χ4n) is 1.54. The number of carbonyl (C=O) groups excluding carboxylic acids is 1. The molecule has 0 bridgehead atoms. The van der Waals surface area contributed by atoms with Crippen LogP contribution in [-0.4, -0.2) is 17.5 Å². The number of hydrogen-bond donors (Lipinski definition) is 2. The highest BCUT2D eigenvalue weighted by molar-refractivity contribution is 6.32. The lowest BCUT2D eigenvalue weighted by Crippen LogP contribution is -2.48. The number of hydrogen-bond acceptors (Lipinski definition) is 3. The molecule has 108 valence electrons. The Morgan fingerprint density at radius 2 is 2.15 bits per heavy atom. The molecule has 4 nitrogen and oxygen atoms in total. The Balaban J connectivity index is 2.71. The third kappa shape index (κ3) is 4.43. The number of rotatable bonds is 5. The van der Waals surface area contributed by atoms with Crippen LogP contribution in [-0.2, 0) is 4.79 Å². The summed E-state index contributed by atoms with van der Waals surface area (Å²) in [6.45, 7) is 7.78. The second-order valence-corrected chi connectivity index (χ2v) is 5.81. The molecule has 0 aliphatic rings. The highest BCUT2D eigenvalue weighted by Crippen LogP contribution is 2.20. The Labute approximate surface area is 125 Å². The van der Waals surface area contributed by atoms with Crippen LogP contribution < -0.4 is 10.6 Å². The van der Waals surface area contributed by atoms with E-state index in [1.165, 1.54) is 0 Å². The summed E-state index contributed by atoms with van der Waals surface area (Å²) in [6, 6.07) is 6.63. The van der Waals surface area contributed by atoms with Gasteiger partial charge < -0.3 is 10.6 Å². The topological polar surface area (TPSA) is 64.9 Å². The minimum absolute atomic E-state index is 0.0719. The highest BCUT2D eigenvalue weighted by Gasteiger charge is 2.21. The second kappa shape index (κ2) is 6.62. The maximum Gasteiger partial charge on any atom is 0.242 e. The molecule has 1 atom stereocenters. The molecule has 0 fully saturated rings. The van der Waals surface area contributed by atoms with E-state index in [1.807, 2.05) is 26.8 Å². The predicted molar refractivity (Wildman–Crippen MR) is 81.8 cm³/mol. The van der Waals surface area contributed by atoms with Crippen LogP contribution in [0.25, 0.3) is 0 Å². The van der Waals surface area contributed by atoms with Crippen LogP contribution in [0.4, 0.5) is 5.69 Å². The molecule has 1 unspecified atom stereocenters. The first kappa shape index (κ1) is 16.3. The van der Waals surface area contributed by atoms with Gasteiger partial charge in [0.1, 0.15) is 12.1 Å². The van der Waals surface area contributed by atoms with E-state index in [9.17, 15) is 4.79 Å². The average Bonchev–Trinajstić information content (AvgIpc) is 2.38. The van der Waals surface area contributed by atoms with E-state index in [1.54, 1.807) is 25.1 Å². The molecule has 1 rings (SSSR count). The first-order chi connectivity index (χ1) is 9.29. The molecule has 20 heavy (non-hydrogen) atoms. The van der Waals surface area contributed by atoms with Crippen molar-refractivity contribution in [2.75, 3.05) is 5.32 Å². The Morgan fingerprint density at radius 3 is 2.65 bits per heavy atom. The third-order valence-electron chi connectivity index (χ3n) is 3.21. The number of halogens is 1. The lowest BCUT2D eigenvalue weighted by Gasteiger charge is -2.27. The lowest BCUT2D eigenvalue weighted by atomic mass is 10.0. The van der Waals surface area contributed by atoms with Crippen LogP contribution in [0.15, 0.2) is 18.2 Å². The van der Waals surface area contributed by atoms with Crippen molar-refractivity contribution in [3.63, 3.8) is 0 Å². The Kier molecular flexibility index (Phi) is 5.41. The highest BCUT2D eigenvalue weighted by atomic mass is 35.5. The summed E-state index contributed by atoms with van der Waals surface area (Å²) in [5, 5.41) is 15.2. The van der Waals surface area contributed by atoms with Crippen molar-refractivity contribution >= 4 is 23.2 Å². The van der Waals surface area contributed by atoms with Gasteiger partial charge in [-0.15, -0.1) is 0 Å². The first-order valence-electron chi connectivity index (χ1n) is 6.57. The average molecular weight is 294 g/mol. The van der Waals surface area contributed by atoms with Gasteiger partial charge in [0.25, 0.3) is 0 Å². The zero-order chi connectivity index (χ0) is 15.3. The molecule has 0 radical (unpaired) electrons. The number of carbonyl (C=O) groups is 1. The van der Waals surface area contributed by atoms with Crippen molar-refractivity contribution in [3.05, 3.63) is 28.8 Å². The standard InChI is InChI=1S/C15H20ClN3O/c1-5-15(3,4)19-14(20)10(2)18-12-7-6-11(9-17)13(16)8-12/h6-8,10,18H,5H2,1-4H3,(H,19,20). The number of amides is 1. The lowest BCUT2D eigenvalue weighted by molar-refractivity contribution is -0.123. The van der Waals surface area contributed by atoms with Gasteiger partial charge in [-0.3, -0.25) is 4.79 Å². The SMILES string of the molecule is CCC(C)(C)NC(=O)C(C)Nc1ccc(C#N)c(Cl)c1. The minimum atomic E-state index is -0.384. The van der Waals surface area contributed by atoms with Gasteiger partial charge >= 0.3 is 0 Å². The summed E-state index contributed by atoms with van der Waals surface area (Å²) < 4.78 is 0. The number of nitriles is 1. The molecule has 0 saturated heterocycles. The molecule has 0 heterocycles. The van der Waals surface area contributed by atoms with Crippen LogP contribution in [0.1, 0.15) is 39.7 Å². The molecular formula is C15H20ClN3O. The van der Waals surface area contributed by atoms with E-state index < -0.39 is 0 Å². The molecule has 1 amide bonds. The zero-order valence-corrected chi connectivity index (χ0v) is 13.0. The fraction of sp³-hybridized carbons (Fsp3) is 0.467. The molecule has 5 heteroatoms. The Hall–Kier alpha value is -1.73. The van der Waals surface area contributed by atoms with Gasteiger partial charge in [-0.25, -0.2) is 0 Å². The van der Waals surface area contributed by atoms with Gasteiger partial charge in [-0.2, -0.15) is 5.26 Å². The van der Waals surface area contributed by atoms with Crippen LogP contribution in [0.3, 0.4) is 0 Å². The van der Waals surface area contributed by atoms with Crippen LogP contribution in [0, 0.1) is 11.3 Å². The molecule has 0 aliphatic heterocycles. The normalized spacial score (nSPS) is 12.4. The van der Waals surface area contributed by atoms with Crippen molar-refractivity contribution in [1.82, 2.24) is 5.32 Å². The van der Waals surface area contributed by atoms with E-state index in [0.717, 1.165) is 6.42 Å². The maximum atomic E-state index is 12.1. The summed E-state index contributed by atoms with van der Waals surface area (Å²) in [5.74, 6) is -0.0719. The quantitative estimate of drug-likeness (QED) is 0.875. The van der Waals surface area contributed by atoms with E-state index in [4.69, 9.17) is 16.9 Å². The molecule has 0 spiro atoms. The van der Waals surface area contributed by atoms with E-state index in [-0.39, 0.29) is 17.5 Å². The summed E-state index contributed by atoms with van der Waals surface area (Å²) in [7, 11) is 0. The van der Waals surface area contributed by atoms with Crippen molar-refractivity contribution < 1.29 is 4.79 Å². The van der Waals surface area contributed by atoms with Crippen molar-refractivity contribution in [2.45, 2.75) is 45.7 Å². The minimum Gasteiger partial charge on any atom is -0.374 e. The third-order valence-corrected chi connectivity index (χ3v) is 3.52. The predicted octanol–water partition coefficient (Wildman–Crippen LogP) is 3.32. The van der Waals surface area contributed by atoms with Gasteiger partial charge in [0, 0.05) is 11.2 Å². The molecule has 1 aromatic carbocycles. The summed E-state index contributed by atoms with van der Waals surface area (Å²) in [4.78, 5) is 12.1. The monoisotopic (exact) mass is 293 g/mol. The van der Waals surface area contributed by atoms with E-state index in [0.29, 0.717) is 16.3 Å². The molecular weight excluding hydrogens is 274 g/mol. The Morgan fingerprint density at radius 1 is 1.50 bits per heavy atom. The van der Waals surface area contributed by atoms with Gasteiger partial charge in [0.2, 0.25) is 5.91 Å². The van der Waals surface area contributed by atoms with Crippen LogP contribution in [0.5, 0.6) is 0 Å². The maximum absolute atomic E-state index is 12.1. The molecule has 2 N–H and O–H groups in total. The summed E-state index contributed by atoms with van der Waals surface area (Å²) >= 11 is 5.96. The molecule has 0 aromatic heterocycles. The van der Waals surface area contributed by atoms with Gasteiger partial charge in [0.15, 0.2) is 0 Å². The second-order valence-electron chi connectivity index (χ2n) is 5.40. The molecule has 0 aliphatic carbocycles.